The number of fused-ring (bicyclic) bond motifs is 1. The molecular formula is C12H15NO3. The lowest BCUT2D eigenvalue weighted by Crippen LogP contribution is -2.29. The Morgan fingerprint density at radius 3 is 2.38 bits per heavy atom. The van der Waals surface area contributed by atoms with E-state index in [-0.39, 0.29) is 0 Å². The standard InChI is InChI=1S/C12H15NO3/c1-15-11-3-4-12(16-2)10-7-13(8-14)6-5-9(10)11/h3-4,8H,5-7H2,1-2H3. The lowest BCUT2D eigenvalue weighted by atomic mass is 9.98. The van der Waals surface area contributed by atoms with Crippen molar-refractivity contribution in [2.45, 2.75) is 13.0 Å². The molecule has 0 atom stereocenters. The van der Waals surface area contributed by atoms with Gasteiger partial charge in [-0.15, -0.1) is 0 Å². The van der Waals surface area contributed by atoms with Gasteiger partial charge >= 0.3 is 0 Å². The highest BCUT2D eigenvalue weighted by Gasteiger charge is 2.21. The summed E-state index contributed by atoms with van der Waals surface area (Å²) >= 11 is 0. The maximum absolute atomic E-state index is 10.8. The highest BCUT2D eigenvalue weighted by atomic mass is 16.5. The highest BCUT2D eigenvalue weighted by Crippen LogP contribution is 2.34. The van der Waals surface area contributed by atoms with E-state index in [1.807, 2.05) is 12.1 Å². The number of hydrogen-bond donors (Lipinski definition) is 0. The zero-order valence-electron chi connectivity index (χ0n) is 9.53. The minimum Gasteiger partial charge on any atom is -0.496 e. The molecule has 0 unspecified atom stereocenters. The van der Waals surface area contributed by atoms with Crippen LogP contribution in [0.25, 0.3) is 0 Å². The van der Waals surface area contributed by atoms with Gasteiger partial charge < -0.3 is 14.4 Å². The maximum Gasteiger partial charge on any atom is 0.210 e. The van der Waals surface area contributed by atoms with Crippen molar-refractivity contribution in [3.8, 4) is 11.5 Å². The van der Waals surface area contributed by atoms with E-state index in [0.29, 0.717) is 6.54 Å². The van der Waals surface area contributed by atoms with E-state index in [9.17, 15) is 4.79 Å². The van der Waals surface area contributed by atoms with Crippen molar-refractivity contribution in [2.75, 3.05) is 20.8 Å². The van der Waals surface area contributed by atoms with Crippen LogP contribution < -0.4 is 9.47 Å². The second-order valence-electron chi connectivity index (χ2n) is 3.75. The van der Waals surface area contributed by atoms with Crippen molar-refractivity contribution in [2.24, 2.45) is 0 Å². The smallest absolute Gasteiger partial charge is 0.210 e. The van der Waals surface area contributed by atoms with Gasteiger partial charge in [0, 0.05) is 24.2 Å². The molecule has 16 heavy (non-hydrogen) atoms. The molecule has 0 aromatic heterocycles. The fourth-order valence-electron chi connectivity index (χ4n) is 2.11. The molecule has 86 valence electrons. The highest BCUT2D eigenvalue weighted by molar-refractivity contribution is 5.54. The number of amides is 1. The van der Waals surface area contributed by atoms with Gasteiger partial charge in [-0.2, -0.15) is 0 Å². The van der Waals surface area contributed by atoms with Gasteiger partial charge in [-0.3, -0.25) is 4.79 Å². The number of nitrogens with zero attached hydrogens (tertiary/aromatic N) is 1. The maximum atomic E-state index is 10.8. The summed E-state index contributed by atoms with van der Waals surface area (Å²) in [7, 11) is 3.30. The first-order valence-electron chi connectivity index (χ1n) is 5.22. The zero-order valence-corrected chi connectivity index (χ0v) is 9.53. The zero-order chi connectivity index (χ0) is 11.5. The van der Waals surface area contributed by atoms with Crippen LogP contribution in [0.4, 0.5) is 0 Å². The molecule has 0 saturated heterocycles. The Balaban J connectivity index is 2.46. The topological polar surface area (TPSA) is 38.8 Å². The number of carbonyl (C=O) groups excluding carboxylic acids is 1. The Kier molecular flexibility index (Phi) is 2.99. The van der Waals surface area contributed by atoms with E-state index in [2.05, 4.69) is 0 Å². The van der Waals surface area contributed by atoms with E-state index in [1.165, 1.54) is 0 Å². The number of ether oxygens (including phenoxy) is 2. The summed E-state index contributed by atoms with van der Waals surface area (Å²) in [6, 6.07) is 3.79. The van der Waals surface area contributed by atoms with E-state index >= 15 is 0 Å². The molecule has 1 aromatic carbocycles. The summed E-state index contributed by atoms with van der Waals surface area (Å²) in [5.74, 6) is 1.70. The second-order valence-corrected chi connectivity index (χ2v) is 3.75. The molecule has 1 amide bonds. The first-order valence-corrected chi connectivity index (χ1v) is 5.22. The molecule has 1 aliphatic rings. The van der Waals surface area contributed by atoms with Crippen molar-refractivity contribution in [3.63, 3.8) is 0 Å². The van der Waals surface area contributed by atoms with Crippen LogP contribution in [0.3, 0.4) is 0 Å². The Hall–Kier alpha value is -1.71. The van der Waals surface area contributed by atoms with E-state index < -0.39 is 0 Å². The van der Waals surface area contributed by atoms with Crippen molar-refractivity contribution in [1.82, 2.24) is 4.90 Å². The Bertz CT molecular complexity index is 403. The molecule has 4 nitrogen and oxygen atoms in total. The van der Waals surface area contributed by atoms with Gasteiger partial charge in [-0.25, -0.2) is 0 Å². The second kappa shape index (κ2) is 4.43. The van der Waals surface area contributed by atoms with Gasteiger partial charge in [0.1, 0.15) is 11.5 Å². The minimum atomic E-state index is 0.596. The van der Waals surface area contributed by atoms with Gasteiger partial charge in [0.2, 0.25) is 6.41 Å². The van der Waals surface area contributed by atoms with Crippen LogP contribution >= 0.6 is 0 Å². The van der Waals surface area contributed by atoms with Gasteiger partial charge in [0.25, 0.3) is 0 Å². The molecule has 1 aliphatic heterocycles. The molecule has 4 heteroatoms. The Morgan fingerprint density at radius 2 is 1.81 bits per heavy atom. The van der Waals surface area contributed by atoms with Crippen LogP contribution in [0.15, 0.2) is 12.1 Å². The molecule has 0 aliphatic carbocycles. The molecule has 1 aromatic rings. The number of methoxy groups -OCH3 is 2. The van der Waals surface area contributed by atoms with Crippen molar-refractivity contribution in [3.05, 3.63) is 23.3 Å². The normalized spacial score (nSPS) is 14.2. The largest absolute Gasteiger partial charge is 0.496 e. The fraction of sp³-hybridized carbons (Fsp3) is 0.417. The van der Waals surface area contributed by atoms with Crippen molar-refractivity contribution < 1.29 is 14.3 Å². The fourth-order valence-corrected chi connectivity index (χ4v) is 2.11. The lowest BCUT2D eigenvalue weighted by molar-refractivity contribution is -0.118. The summed E-state index contributed by atoms with van der Waals surface area (Å²) in [4.78, 5) is 12.5. The molecular weight excluding hydrogens is 206 g/mol. The van der Waals surface area contributed by atoms with Crippen LogP contribution in [0.2, 0.25) is 0 Å². The predicted octanol–water partition coefficient (Wildman–Crippen LogP) is 1.22. The number of hydrogen-bond acceptors (Lipinski definition) is 3. The van der Waals surface area contributed by atoms with E-state index in [0.717, 1.165) is 42.0 Å². The molecule has 0 saturated carbocycles. The molecule has 2 rings (SSSR count). The van der Waals surface area contributed by atoms with Gasteiger partial charge in [-0.1, -0.05) is 0 Å². The molecule has 1 heterocycles. The van der Waals surface area contributed by atoms with Crippen LogP contribution in [0, 0.1) is 0 Å². The van der Waals surface area contributed by atoms with Crippen molar-refractivity contribution in [1.29, 1.82) is 0 Å². The van der Waals surface area contributed by atoms with Crippen LogP contribution in [0.5, 0.6) is 11.5 Å². The Labute approximate surface area is 94.8 Å². The first kappa shape index (κ1) is 10.8. The summed E-state index contributed by atoms with van der Waals surface area (Å²) in [6.45, 7) is 1.33. The van der Waals surface area contributed by atoms with Crippen LogP contribution in [0.1, 0.15) is 11.1 Å². The SMILES string of the molecule is COc1ccc(OC)c2c1CCN(C=O)C2. The van der Waals surface area contributed by atoms with E-state index in [4.69, 9.17) is 9.47 Å². The third-order valence-corrected chi connectivity index (χ3v) is 2.94. The van der Waals surface area contributed by atoms with Crippen molar-refractivity contribution >= 4 is 6.41 Å². The Morgan fingerprint density at radius 1 is 1.19 bits per heavy atom. The van der Waals surface area contributed by atoms with Crippen LogP contribution in [-0.4, -0.2) is 32.1 Å². The predicted molar refractivity (Wildman–Crippen MR) is 59.7 cm³/mol. The summed E-state index contributed by atoms with van der Waals surface area (Å²) in [5.41, 5.74) is 2.21. The summed E-state index contributed by atoms with van der Waals surface area (Å²) in [6.07, 6.45) is 1.69. The average Bonchev–Trinajstić information content (AvgIpc) is 2.36. The molecule has 0 fully saturated rings. The average molecular weight is 221 g/mol. The minimum absolute atomic E-state index is 0.596. The van der Waals surface area contributed by atoms with Gasteiger partial charge in [0.15, 0.2) is 0 Å². The first-order chi connectivity index (χ1) is 7.80. The number of carbonyl (C=O) groups is 1. The van der Waals surface area contributed by atoms with Gasteiger partial charge in [0.05, 0.1) is 14.2 Å². The monoisotopic (exact) mass is 221 g/mol. The van der Waals surface area contributed by atoms with E-state index in [1.54, 1.807) is 19.1 Å². The third-order valence-electron chi connectivity index (χ3n) is 2.94. The quantitative estimate of drug-likeness (QED) is 0.720. The molecule has 0 radical (unpaired) electrons. The third kappa shape index (κ3) is 1.71. The molecule has 0 spiro atoms. The van der Waals surface area contributed by atoms with Crippen LogP contribution in [-0.2, 0) is 17.8 Å². The summed E-state index contributed by atoms with van der Waals surface area (Å²) < 4.78 is 10.6. The number of benzene rings is 1. The molecule has 0 bridgehead atoms. The van der Waals surface area contributed by atoms with Gasteiger partial charge in [-0.05, 0) is 18.6 Å². The number of rotatable bonds is 3. The summed E-state index contributed by atoms with van der Waals surface area (Å²) in [5, 5.41) is 0. The molecule has 0 N–H and O–H groups in total. The lowest BCUT2D eigenvalue weighted by Gasteiger charge is -2.27.